The van der Waals surface area contributed by atoms with E-state index < -0.39 is 5.97 Å². The van der Waals surface area contributed by atoms with E-state index in [1.807, 2.05) is 6.92 Å². The van der Waals surface area contributed by atoms with Crippen molar-refractivity contribution >= 4 is 35.2 Å². The van der Waals surface area contributed by atoms with Crippen LogP contribution in [-0.4, -0.2) is 45.6 Å². The summed E-state index contributed by atoms with van der Waals surface area (Å²) in [5, 5.41) is 11.6. The second-order valence-electron chi connectivity index (χ2n) is 5.52. The summed E-state index contributed by atoms with van der Waals surface area (Å²) in [6, 6.07) is 5.14. The van der Waals surface area contributed by atoms with Crippen LogP contribution in [0.25, 0.3) is 0 Å². The minimum absolute atomic E-state index is 0.0172. The Labute approximate surface area is 131 Å². The number of rotatable bonds is 4. The molecule has 6 nitrogen and oxygen atoms in total. The first-order valence-electron chi connectivity index (χ1n) is 7.10. The third kappa shape index (κ3) is 2.94. The van der Waals surface area contributed by atoms with Gasteiger partial charge >= 0.3 is 5.97 Å². The van der Waals surface area contributed by atoms with Crippen molar-refractivity contribution in [1.82, 2.24) is 4.90 Å². The van der Waals surface area contributed by atoms with E-state index >= 15 is 0 Å². The predicted octanol–water partition coefficient (Wildman–Crippen LogP) is 1.81. The maximum absolute atomic E-state index is 12.5. The average molecular weight is 320 g/mol. The van der Waals surface area contributed by atoms with Gasteiger partial charge in [-0.3, -0.25) is 14.4 Å². The highest BCUT2D eigenvalue weighted by molar-refractivity contribution is 8.00. The number of thioether (sulfide) groups is 1. The number of carbonyl (C=O) groups is 3. The number of anilines is 1. The van der Waals surface area contributed by atoms with Gasteiger partial charge in [0, 0.05) is 16.5 Å². The number of carboxylic acids is 1. The highest BCUT2D eigenvalue weighted by Crippen LogP contribution is 2.36. The monoisotopic (exact) mass is 320 g/mol. The van der Waals surface area contributed by atoms with Gasteiger partial charge in [0.05, 0.1) is 10.9 Å². The van der Waals surface area contributed by atoms with Gasteiger partial charge in [-0.25, -0.2) is 0 Å². The molecule has 0 spiro atoms. The van der Waals surface area contributed by atoms with Crippen LogP contribution in [0.3, 0.4) is 0 Å². The second-order valence-corrected chi connectivity index (χ2v) is 6.90. The number of nitrogens with one attached hydrogen (secondary N) is 1. The molecular formula is C15H16N2O4S. The van der Waals surface area contributed by atoms with Crippen LogP contribution in [0.2, 0.25) is 0 Å². The SMILES string of the molecule is C[C@@H]1Sc2ccc(C(=O)N(CC(=O)O)C3CC3)cc2NC1=O. The summed E-state index contributed by atoms with van der Waals surface area (Å²) < 4.78 is 0. The molecule has 0 unspecified atom stereocenters. The Balaban J connectivity index is 1.85. The number of fused-ring (bicyclic) bond motifs is 1. The molecule has 2 N–H and O–H groups in total. The van der Waals surface area contributed by atoms with Gasteiger partial charge in [-0.1, -0.05) is 0 Å². The molecule has 2 aliphatic rings. The Bertz CT molecular complexity index is 657. The number of carboxylic acid groups (broad SMARTS) is 1. The number of hydrogen-bond donors (Lipinski definition) is 2. The highest BCUT2D eigenvalue weighted by atomic mass is 32.2. The maximum atomic E-state index is 12.5. The van der Waals surface area contributed by atoms with Crippen LogP contribution in [-0.2, 0) is 9.59 Å². The third-order valence-electron chi connectivity index (χ3n) is 3.71. The van der Waals surface area contributed by atoms with Crippen molar-refractivity contribution in [1.29, 1.82) is 0 Å². The van der Waals surface area contributed by atoms with E-state index in [-0.39, 0.29) is 29.7 Å². The van der Waals surface area contributed by atoms with Gasteiger partial charge in [-0.2, -0.15) is 0 Å². The van der Waals surface area contributed by atoms with E-state index in [0.717, 1.165) is 17.7 Å². The number of amides is 2. The number of carbonyl (C=O) groups excluding carboxylic acids is 2. The molecule has 3 rings (SSSR count). The largest absolute Gasteiger partial charge is 0.480 e. The summed E-state index contributed by atoms with van der Waals surface area (Å²) in [4.78, 5) is 37.5. The predicted molar refractivity (Wildman–Crippen MR) is 82.1 cm³/mol. The van der Waals surface area contributed by atoms with Crippen molar-refractivity contribution in [2.45, 2.75) is 36.0 Å². The number of benzene rings is 1. The van der Waals surface area contributed by atoms with E-state index in [4.69, 9.17) is 5.11 Å². The number of hydrogen-bond acceptors (Lipinski definition) is 4. The standard InChI is InChI=1S/C15H16N2O4S/c1-8-14(20)16-11-6-9(2-5-12(11)22-8)15(21)17(7-13(18)19)10-3-4-10/h2,5-6,8,10H,3-4,7H2,1H3,(H,16,20)(H,18,19)/t8-/m0/s1. The Morgan fingerprint density at radius 3 is 2.77 bits per heavy atom. The molecule has 116 valence electrons. The van der Waals surface area contributed by atoms with Gasteiger partial charge in [-0.05, 0) is 38.0 Å². The molecule has 1 atom stereocenters. The third-order valence-corrected chi connectivity index (χ3v) is 4.89. The Morgan fingerprint density at radius 1 is 1.41 bits per heavy atom. The van der Waals surface area contributed by atoms with Gasteiger partial charge in [0.25, 0.3) is 5.91 Å². The molecule has 22 heavy (non-hydrogen) atoms. The van der Waals surface area contributed by atoms with E-state index in [1.165, 1.54) is 16.7 Å². The first-order valence-corrected chi connectivity index (χ1v) is 7.98. The molecule has 1 aromatic carbocycles. The van der Waals surface area contributed by atoms with Crippen LogP contribution >= 0.6 is 11.8 Å². The maximum Gasteiger partial charge on any atom is 0.323 e. The lowest BCUT2D eigenvalue weighted by atomic mass is 10.1. The molecule has 1 fully saturated rings. The highest BCUT2D eigenvalue weighted by Gasteiger charge is 2.34. The van der Waals surface area contributed by atoms with Gasteiger partial charge < -0.3 is 15.3 Å². The molecule has 0 radical (unpaired) electrons. The first-order chi connectivity index (χ1) is 10.5. The minimum Gasteiger partial charge on any atom is -0.480 e. The average Bonchev–Trinajstić information content (AvgIpc) is 3.29. The molecule has 0 saturated heterocycles. The zero-order valence-electron chi connectivity index (χ0n) is 12.0. The lowest BCUT2D eigenvalue weighted by Crippen LogP contribution is -2.37. The van der Waals surface area contributed by atoms with E-state index in [2.05, 4.69) is 5.32 Å². The summed E-state index contributed by atoms with van der Waals surface area (Å²) in [6.45, 7) is 1.53. The minimum atomic E-state index is -1.02. The quantitative estimate of drug-likeness (QED) is 0.883. The first kappa shape index (κ1) is 14.9. The molecular weight excluding hydrogens is 304 g/mol. The summed E-state index contributed by atoms with van der Waals surface area (Å²) in [5.74, 6) is -1.41. The molecule has 2 amide bonds. The summed E-state index contributed by atoms with van der Waals surface area (Å²) >= 11 is 1.45. The zero-order valence-corrected chi connectivity index (χ0v) is 12.9. The topological polar surface area (TPSA) is 86.7 Å². The molecule has 0 aromatic heterocycles. The molecule has 7 heteroatoms. The smallest absolute Gasteiger partial charge is 0.323 e. The molecule has 1 aromatic rings. The molecule has 1 aliphatic carbocycles. The van der Waals surface area contributed by atoms with Crippen molar-refractivity contribution in [3.63, 3.8) is 0 Å². The lowest BCUT2D eigenvalue weighted by Gasteiger charge is -2.24. The lowest BCUT2D eigenvalue weighted by molar-refractivity contribution is -0.137. The zero-order chi connectivity index (χ0) is 15.9. The fraction of sp³-hybridized carbons (Fsp3) is 0.400. The van der Waals surface area contributed by atoms with Crippen molar-refractivity contribution < 1.29 is 19.5 Å². The van der Waals surface area contributed by atoms with Crippen LogP contribution in [0.4, 0.5) is 5.69 Å². The van der Waals surface area contributed by atoms with Crippen LogP contribution in [0.5, 0.6) is 0 Å². The Kier molecular flexibility index (Phi) is 3.82. The number of aliphatic carboxylic acids is 1. The van der Waals surface area contributed by atoms with Crippen molar-refractivity contribution in [3.05, 3.63) is 23.8 Å². The normalized spacial score (nSPS) is 20.0. The summed E-state index contributed by atoms with van der Waals surface area (Å²) in [7, 11) is 0. The summed E-state index contributed by atoms with van der Waals surface area (Å²) in [6.07, 6.45) is 1.68. The van der Waals surface area contributed by atoms with Crippen LogP contribution in [0.1, 0.15) is 30.1 Å². The molecule has 1 heterocycles. The summed E-state index contributed by atoms with van der Waals surface area (Å²) in [5.41, 5.74) is 1.02. The van der Waals surface area contributed by atoms with Crippen molar-refractivity contribution in [2.24, 2.45) is 0 Å². The Morgan fingerprint density at radius 2 is 2.14 bits per heavy atom. The fourth-order valence-electron chi connectivity index (χ4n) is 2.41. The molecule has 0 bridgehead atoms. The van der Waals surface area contributed by atoms with Crippen LogP contribution in [0.15, 0.2) is 23.1 Å². The van der Waals surface area contributed by atoms with Gasteiger partial charge in [0.1, 0.15) is 6.54 Å². The van der Waals surface area contributed by atoms with E-state index in [9.17, 15) is 14.4 Å². The fourth-order valence-corrected chi connectivity index (χ4v) is 3.34. The van der Waals surface area contributed by atoms with Crippen LogP contribution < -0.4 is 5.32 Å². The van der Waals surface area contributed by atoms with Crippen LogP contribution in [0, 0.1) is 0 Å². The molecule has 1 saturated carbocycles. The molecule has 1 aliphatic heterocycles. The van der Waals surface area contributed by atoms with Gasteiger partial charge in [0.15, 0.2) is 0 Å². The van der Waals surface area contributed by atoms with Crippen molar-refractivity contribution in [3.8, 4) is 0 Å². The Hall–Kier alpha value is -2.02. The van der Waals surface area contributed by atoms with Gasteiger partial charge in [0.2, 0.25) is 5.91 Å². The van der Waals surface area contributed by atoms with E-state index in [0.29, 0.717) is 11.3 Å². The van der Waals surface area contributed by atoms with Crippen molar-refractivity contribution in [2.75, 3.05) is 11.9 Å². The van der Waals surface area contributed by atoms with Gasteiger partial charge in [-0.15, -0.1) is 11.8 Å². The van der Waals surface area contributed by atoms with E-state index in [1.54, 1.807) is 18.2 Å². The second kappa shape index (κ2) is 5.64. The number of nitrogens with zero attached hydrogens (tertiary/aromatic N) is 1.